The highest BCUT2D eigenvalue weighted by atomic mass is 16.5. The van der Waals surface area contributed by atoms with E-state index in [1.807, 2.05) is 12.1 Å². The van der Waals surface area contributed by atoms with Crippen molar-refractivity contribution in [2.45, 2.75) is 6.92 Å². The summed E-state index contributed by atoms with van der Waals surface area (Å²) in [5.41, 5.74) is 1.45. The van der Waals surface area contributed by atoms with E-state index in [0.29, 0.717) is 11.1 Å². The van der Waals surface area contributed by atoms with Crippen molar-refractivity contribution in [3.63, 3.8) is 0 Å². The highest BCUT2D eigenvalue weighted by Crippen LogP contribution is 2.44. The zero-order valence-corrected chi connectivity index (χ0v) is 12.7. The maximum atomic E-state index is 12.7. The molecule has 0 saturated heterocycles. The second-order valence-corrected chi connectivity index (χ2v) is 5.71. The molecule has 4 nitrogen and oxygen atoms in total. The summed E-state index contributed by atoms with van der Waals surface area (Å²) in [4.78, 5) is 12.7. The molecule has 114 valence electrons. The number of hydrogen-bond donors (Lipinski definition) is 2. The van der Waals surface area contributed by atoms with Crippen LogP contribution in [0.4, 0.5) is 0 Å². The quantitative estimate of drug-likeness (QED) is 0.567. The van der Waals surface area contributed by atoms with E-state index in [9.17, 15) is 15.0 Å². The van der Waals surface area contributed by atoms with Gasteiger partial charge in [-0.1, -0.05) is 6.07 Å². The smallest absolute Gasteiger partial charge is 0.197 e. The van der Waals surface area contributed by atoms with Crippen molar-refractivity contribution in [2.75, 3.05) is 7.11 Å². The lowest BCUT2D eigenvalue weighted by atomic mass is 9.97. The van der Waals surface area contributed by atoms with Gasteiger partial charge in [-0.2, -0.15) is 0 Å². The average molecular weight is 306 g/mol. The molecule has 2 aromatic rings. The molecular weight excluding hydrogens is 292 g/mol. The molecule has 0 spiro atoms. The summed E-state index contributed by atoms with van der Waals surface area (Å²) in [5.74, 6) is 0.726. The Bertz CT molecular complexity index is 1140. The predicted molar refractivity (Wildman–Crippen MR) is 90.7 cm³/mol. The molecule has 4 heteroatoms. The third kappa shape index (κ3) is 1.75. The predicted octanol–water partition coefficient (Wildman–Crippen LogP) is 3.02. The molecule has 0 saturated carbocycles. The summed E-state index contributed by atoms with van der Waals surface area (Å²) in [5, 5.41) is 23.2. The van der Waals surface area contributed by atoms with Crippen LogP contribution < -0.4 is 15.4 Å². The number of methoxy groups -OCH3 is 1. The van der Waals surface area contributed by atoms with E-state index < -0.39 is 0 Å². The first-order valence-electron chi connectivity index (χ1n) is 7.23. The number of aliphatic hydroxyl groups is 1. The van der Waals surface area contributed by atoms with Gasteiger partial charge in [0, 0.05) is 10.9 Å². The monoisotopic (exact) mass is 306 g/mol. The van der Waals surface area contributed by atoms with Crippen LogP contribution in [0.1, 0.15) is 6.92 Å². The minimum absolute atomic E-state index is 0.0221. The molecule has 4 rings (SSSR count). The normalized spacial score (nSPS) is 13.1. The standard InChI is InChI=1S/C19H14O4/c1-9(20)13-8-16-14-5-10(21)3-4-12(14)15-6-11(23-2)7-17(18(15)16)19(13)22/h3-8,20-21H,1-2H3. The molecule has 23 heavy (non-hydrogen) atoms. The van der Waals surface area contributed by atoms with Crippen molar-refractivity contribution in [1.82, 2.24) is 0 Å². The molecule has 2 aliphatic rings. The summed E-state index contributed by atoms with van der Waals surface area (Å²) in [7, 11) is 1.55. The van der Waals surface area contributed by atoms with E-state index in [1.54, 1.807) is 31.4 Å². The van der Waals surface area contributed by atoms with E-state index in [0.717, 1.165) is 27.3 Å². The van der Waals surface area contributed by atoms with Crippen molar-refractivity contribution in [1.29, 1.82) is 0 Å². The zero-order valence-electron chi connectivity index (χ0n) is 12.7. The van der Waals surface area contributed by atoms with Gasteiger partial charge in [-0.25, -0.2) is 0 Å². The SMILES string of the molecule is COc1cc2c3c(c1)c1ccc(O)cc1c-3cc(=C(C)O)c2=O. The van der Waals surface area contributed by atoms with E-state index in [1.165, 1.54) is 6.92 Å². The summed E-state index contributed by atoms with van der Waals surface area (Å²) in [6.45, 7) is 1.49. The number of hydrogen-bond acceptors (Lipinski definition) is 4. The van der Waals surface area contributed by atoms with Gasteiger partial charge in [-0.05, 0) is 59.0 Å². The summed E-state index contributed by atoms with van der Waals surface area (Å²) in [6.07, 6.45) is 0. The van der Waals surface area contributed by atoms with Crippen molar-refractivity contribution >= 4 is 27.3 Å². The van der Waals surface area contributed by atoms with Crippen LogP contribution in [-0.2, 0) is 0 Å². The first-order chi connectivity index (χ1) is 11.0. The molecular formula is C19H14O4. The number of phenolic OH excluding ortho intramolecular Hbond substituents is 1. The fourth-order valence-corrected chi connectivity index (χ4v) is 3.31. The Morgan fingerprint density at radius 1 is 1.00 bits per heavy atom. The van der Waals surface area contributed by atoms with Crippen LogP contribution in [0.25, 0.3) is 38.4 Å². The van der Waals surface area contributed by atoms with Gasteiger partial charge in [0.15, 0.2) is 5.43 Å². The highest BCUT2D eigenvalue weighted by molar-refractivity contribution is 6.22. The maximum absolute atomic E-state index is 12.7. The Labute approximate surface area is 131 Å². The first kappa shape index (κ1) is 13.6. The number of ether oxygens (including phenoxy) is 1. The molecule has 0 heterocycles. The van der Waals surface area contributed by atoms with Gasteiger partial charge in [0.1, 0.15) is 17.3 Å². The van der Waals surface area contributed by atoms with E-state index in [2.05, 4.69) is 0 Å². The average Bonchev–Trinajstić information content (AvgIpc) is 2.83. The van der Waals surface area contributed by atoms with Gasteiger partial charge in [-0.15, -0.1) is 0 Å². The van der Waals surface area contributed by atoms with Gasteiger partial charge in [0.05, 0.1) is 12.3 Å². The van der Waals surface area contributed by atoms with Crippen molar-refractivity contribution in [2.24, 2.45) is 0 Å². The Kier molecular flexibility index (Phi) is 2.66. The van der Waals surface area contributed by atoms with Gasteiger partial charge in [0.25, 0.3) is 0 Å². The van der Waals surface area contributed by atoms with Gasteiger partial charge in [-0.3, -0.25) is 4.79 Å². The van der Waals surface area contributed by atoms with Crippen LogP contribution in [0.2, 0.25) is 0 Å². The molecule has 0 aromatic heterocycles. The van der Waals surface area contributed by atoms with Crippen LogP contribution in [0.15, 0.2) is 41.2 Å². The molecule has 0 radical (unpaired) electrons. The number of fused-ring (bicyclic) bond motifs is 3. The van der Waals surface area contributed by atoms with Gasteiger partial charge < -0.3 is 14.9 Å². The largest absolute Gasteiger partial charge is 0.512 e. The lowest BCUT2D eigenvalue weighted by molar-refractivity contribution is 0.416. The third-order valence-electron chi connectivity index (χ3n) is 4.37. The molecule has 2 N–H and O–H groups in total. The lowest BCUT2D eigenvalue weighted by Gasteiger charge is -2.08. The van der Waals surface area contributed by atoms with Crippen molar-refractivity contribution in [3.8, 4) is 22.6 Å². The van der Waals surface area contributed by atoms with E-state index in [4.69, 9.17) is 4.74 Å². The second-order valence-electron chi connectivity index (χ2n) is 5.71. The topological polar surface area (TPSA) is 66.8 Å². The molecule has 0 atom stereocenters. The number of phenols is 1. The molecule has 0 amide bonds. The Morgan fingerprint density at radius 3 is 2.43 bits per heavy atom. The van der Waals surface area contributed by atoms with Crippen LogP contribution in [0, 0.1) is 0 Å². The second kappa shape index (κ2) is 4.49. The zero-order chi connectivity index (χ0) is 16.3. The molecule has 2 aromatic carbocycles. The summed E-state index contributed by atoms with van der Waals surface area (Å²) >= 11 is 0. The number of rotatable bonds is 1. The number of aliphatic hydroxyl groups excluding tert-OH is 1. The molecule has 0 unspecified atom stereocenters. The van der Waals surface area contributed by atoms with Crippen molar-refractivity contribution < 1.29 is 14.9 Å². The minimum atomic E-state index is -0.221. The Morgan fingerprint density at radius 2 is 1.74 bits per heavy atom. The number of aromatic hydroxyl groups is 1. The molecule has 0 aliphatic heterocycles. The summed E-state index contributed by atoms with van der Waals surface area (Å²) < 4.78 is 5.32. The van der Waals surface area contributed by atoms with Crippen LogP contribution in [0.3, 0.4) is 0 Å². The van der Waals surface area contributed by atoms with E-state index in [-0.39, 0.29) is 22.2 Å². The van der Waals surface area contributed by atoms with Gasteiger partial charge in [0.2, 0.25) is 0 Å². The molecule has 0 bridgehead atoms. The maximum Gasteiger partial charge on any atom is 0.197 e. The molecule has 0 fully saturated rings. The third-order valence-corrected chi connectivity index (χ3v) is 4.37. The molecule has 2 aliphatic carbocycles. The van der Waals surface area contributed by atoms with Crippen LogP contribution in [0.5, 0.6) is 11.5 Å². The van der Waals surface area contributed by atoms with Crippen LogP contribution >= 0.6 is 0 Å². The van der Waals surface area contributed by atoms with Crippen molar-refractivity contribution in [3.05, 3.63) is 51.8 Å². The Balaban J connectivity index is 2.41. The fourth-order valence-electron chi connectivity index (χ4n) is 3.31. The van der Waals surface area contributed by atoms with Gasteiger partial charge >= 0.3 is 0 Å². The van der Waals surface area contributed by atoms with Crippen LogP contribution in [-0.4, -0.2) is 17.3 Å². The minimum Gasteiger partial charge on any atom is -0.512 e. The van der Waals surface area contributed by atoms with E-state index >= 15 is 0 Å². The highest BCUT2D eigenvalue weighted by Gasteiger charge is 2.21. The lowest BCUT2D eigenvalue weighted by Crippen LogP contribution is -2.27. The summed E-state index contributed by atoms with van der Waals surface area (Å²) in [6, 6.07) is 10.4. The Hall–Kier alpha value is -3.01. The number of benzene rings is 3. The first-order valence-corrected chi connectivity index (χ1v) is 7.23. The fraction of sp³-hybridized carbons (Fsp3) is 0.105.